The van der Waals surface area contributed by atoms with Crippen molar-refractivity contribution in [1.82, 2.24) is 10.6 Å². The van der Waals surface area contributed by atoms with E-state index in [0.29, 0.717) is 38.3 Å². The molecule has 156 valence electrons. The molecule has 0 radical (unpaired) electrons. The van der Waals surface area contributed by atoms with Gasteiger partial charge in [0.1, 0.15) is 23.7 Å². The van der Waals surface area contributed by atoms with Crippen LogP contribution in [0.4, 0.5) is 4.39 Å². The zero-order valence-electron chi connectivity index (χ0n) is 16.6. The van der Waals surface area contributed by atoms with Crippen molar-refractivity contribution in [3.05, 3.63) is 53.3 Å². The molecule has 1 saturated heterocycles. The van der Waals surface area contributed by atoms with Crippen LogP contribution in [0, 0.1) is 17.1 Å². The first-order chi connectivity index (χ1) is 14.6. The lowest BCUT2D eigenvalue weighted by Crippen LogP contribution is -2.46. The van der Waals surface area contributed by atoms with Crippen molar-refractivity contribution in [2.75, 3.05) is 26.3 Å². The number of carbonyl (C=O) groups is 1. The monoisotopic (exact) mass is 409 g/mol. The minimum atomic E-state index is -0.647. The van der Waals surface area contributed by atoms with Crippen LogP contribution in [-0.2, 0) is 22.4 Å². The summed E-state index contributed by atoms with van der Waals surface area (Å²) in [5.74, 6) is -0.0509. The van der Waals surface area contributed by atoms with Gasteiger partial charge in [-0.05, 0) is 41.8 Å². The largest absolute Gasteiger partial charge is 0.492 e. The normalized spacial score (nSPS) is 19.1. The van der Waals surface area contributed by atoms with Crippen LogP contribution in [0.2, 0.25) is 0 Å². The van der Waals surface area contributed by atoms with Gasteiger partial charge in [0.25, 0.3) is 5.91 Å². The van der Waals surface area contributed by atoms with E-state index >= 15 is 0 Å². The van der Waals surface area contributed by atoms with Gasteiger partial charge in [-0.2, -0.15) is 5.26 Å². The molecule has 0 saturated carbocycles. The van der Waals surface area contributed by atoms with E-state index in [2.05, 4.69) is 16.7 Å². The van der Waals surface area contributed by atoms with Crippen LogP contribution in [0.3, 0.4) is 0 Å². The van der Waals surface area contributed by atoms with Gasteiger partial charge in [0.2, 0.25) is 0 Å². The van der Waals surface area contributed by atoms with E-state index in [-0.39, 0.29) is 11.7 Å². The third-order valence-electron chi connectivity index (χ3n) is 5.38. The first kappa shape index (κ1) is 20.3. The standard InChI is InChI=1S/C23H24FN3O3/c24-17-3-5-20-19-4-2-15(10-16(19)6-9-30-21(20)12-17)11-18(13-25)27-23(28)22-14-26-7-1-8-29-22/h2-5,10,12,18,22,26H,1,6-9,11,14H2,(H,27,28)/t18-,22+/m1/s1. The summed E-state index contributed by atoms with van der Waals surface area (Å²) in [6.07, 6.45) is 1.36. The lowest BCUT2D eigenvalue weighted by molar-refractivity contribution is -0.132. The number of nitrogens with one attached hydrogen (secondary N) is 2. The fourth-order valence-electron chi connectivity index (χ4n) is 3.87. The molecule has 2 heterocycles. The maximum Gasteiger partial charge on any atom is 0.251 e. The van der Waals surface area contributed by atoms with Crippen molar-refractivity contribution in [2.24, 2.45) is 0 Å². The van der Waals surface area contributed by atoms with Gasteiger partial charge in [-0.3, -0.25) is 4.79 Å². The molecule has 2 N–H and O–H groups in total. The van der Waals surface area contributed by atoms with E-state index in [4.69, 9.17) is 9.47 Å². The van der Waals surface area contributed by atoms with Gasteiger partial charge in [-0.15, -0.1) is 0 Å². The molecule has 2 atom stereocenters. The second-order valence-corrected chi connectivity index (χ2v) is 7.54. The lowest BCUT2D eigenvalue weighted by atomic mass is 9.94. The lowest BCUT2D eigenvalue weighted by Gasteiger charge is -2.18. The van der Waals surface area contributed by atoms with Crippen LogP contribution in [0.1, 0.15) is 17.5 Å². The van der Waals surface area contributed by atoms with Crippen molar-refractivity contribution < 1.29 is 18.7 Å². The maximum atomic E-state index is 13.6. The van der Waals surface area contributed by atoms with E-state index in [1.165, 1.54) is 12.1 Å². The van der Waals surface area contributed by atoms with Crippen LogP contribution in [-0.4, -0.2) is 44.4 Å². The molecule has 0 unspecified atom stereocenters. The average Bonchev–Trinajstić information content (AvgIpc) is 3.12. The highest BCUT2D eigenvalue weighted by atomic mass is 19.1. The Balaban J connectivity index is 1.48. The highest BCUT2D eigenvalue weighted by molar-refractivity contribution is 5.81. The van der Waals surface area contributed by atoms with Crippen LogP contribution in [0.15, 0.2) is 36.4 Å². The Kier molecular flexibility index (Phi) is 6.26. The Morgan fingerprint density at radius 2 is 2.13 bits per heavy atom. The molecule has 30 heavy (non-hydrogen) atoms. The highest BCUT2D eigenvalue weighted by Crippen LogP contribution is 2.36. The minimum Gasteiger partial charge on any atom is -0.492 e. The molecule has 2 aromatic carbocycles. The van der Waals surface area contributed by atoms with Gasteiger partial charge in [0.05, 0.1) is 12.7 Å². The number of nitriles is 1. The molecule has 2 aliphatic rings. The summed E-state index contributed by atoms with van der Waals surface area (Å²) in [5, 5.41) is 15.5. The number of halogens is 1. The van der Waals surface area contributed by atoms with Gasteiger partial charge in [0.15, 0.2) is 0 Å². The topological polar surface area (TPSA) is 83.4 Å². The predicted octanol–water partition coefficient (Wildman–Crippen LogP) is 2.36. The molecule has 0 spiro atoms. The fourth-order valence-corrected chi connectivity index (χ4v) is 3.87. The van der Waals surface area contributed by atoms with Crippen molar-refractivity contribution in [1.29, 1.82) is 5.26 Å². The molecule has 0 bridgehead atoms. The molecule has 6 nitrogen and oxygen atoms in total. The number of ether oxygens (including phenoxy) is 2. The number of rotatable bonds is 4. The number of hydrogen-bond donors (Lipinski definition) is 2. The smallest absolute Gasteiger partial charge is 0.251 e. The SMILES string of the molecule is N#C[C@@H](Cc1ccc2c(c1)CCOc1cc(F)ccc1-2)NC(=O)[C@@H]1CNCCCO1. The van der Waals surface area contributed by atoms with Crippen LogP contribution >= 0.6 is 0 Å². The van der Waals surface area contributed by atoms with Gasteiger partial charge in [0, 0.05) is 37.6 Å². The Bertz CT molecular complexity index is 965. The summed E-state index contributed by atoms with van der Waals surface area (Å²) in [5.41, 5.74) is 3.89. The average molecular weight is 409 g/mol. The Morgan fingerprint density at radius 1 is 1.27 bits per heavy atom. The van der Waals surface area contributed by atoms with E-state index in [1.807, 2.05) is 18.2 Å². The van der Waals surface area contributed by atoms with Gasteiger partial charge >= 0.3 is 0 Å². The molecular formula is C23H24FN3O3. The van der Waals surface area contributed by atoms with Gasteiger partial charge < -0.3 is 20.1 Å². The summed E-state index contributed by atoms with van der Waals surface area (Å²) in [4.78, 5) is 12.5. The number of carbonyl (C=O) groups excluding carboxylic acids is 1. The predicted molar refractivity (Wildman–Crippen MR) is 110 cm³/mol. The minimum absolute atomic E-state index is 0.268. The second kappa shape index (κ2) is 9.24. The van der Waals surface area contributed by atoms with Gasteiger partial charge in [-0.25, -0.2) is 4.39 Å². The summed E-state index contributed by atoms with van der Waals surface area (Å²) in [7, 11) is 0. The molecule has 4 rings (SSSR count). The summed E-state index contributed by atoms with van der Waals surface area (Å²) in [6.45, 7) is 2.25. The third kappa shape index (κ3) is 4.61. The van der Waals surface area contributed by atoms with Crippen molar-refractivity contribution in [3.8, 4) is 22.9 Å². The van der Waals surface area contributed by atoms with E-state index in [1.54, 1.807) is 6.07 Å². The number of benzene rings is 2. The summed E-state index contributed by atoms with van der Waals surface area (Å²) in [6, 6.07) is 12.1. The molecule has 2 aromatic rings. The first-order valence-electron chi connectivity index (χ1n) is 10.2. The Morgan fingerprint density at radius 3 is 3.00 bits per heavy atom. The van der Waals surface area contributed by atoms with E-state index < -0.39 is 12.1 Å². The summed E-state index contributed by atoms with van der Waals surface area (Å²) < 4.78 is 24.8. The molecule has 0 aromatic heterocycles. The van der Waals surface area contributed by atoms with E-state index in [0.717, 1.165) is 35.2 Å². The number of nitrogens with zero attached hydrogens (tertiary/aromatic N) is 1. The maximum absolute atomic E-state index is 13.6. The Hall–Kier alpha value is -2.95. The summed E-state index contributed by atoms with van der Waals surface area (Å²) >= 11 is 0. The second-order valence-electron chi connectivity index (χ2n) is 7.54. The van der Waals surface area contributed by atoms with Crippen molar-refractivity contribution in [2.45, 2.75) is 31.4 Å². The van der Waals surface area contributed by atoms with Crippen LogP contribution in [0.25, 0.3) is 11.1 Å². The van der Waals surface area contributed by atoms with E-state index in [9.17, 15) is 14.4 Å². The number of amides is 1. The Labute approximate surface area is 175 Å². The zero-order valence-corrected chi connectivity index (χ0v) is 16.6. The molecular weight excluding hydrogens is 385 g/mol. The molecule has 0 aliphatic carbocycles. The van der Waals surface area contributed by atoms with Gasteiger partial charge in [-0.1, -0.05) is 18.2 Å². The zero-order chi connectivity index (χ0) is 20.9. The van der Waals surface area contributed by atoms with Crippen LogP contribution in [0.5, 0.6) is 5.75 Å². The number of fused-ring (bicyclic) bond motifs is 3. The molecule has 7 heteroatoms. The highest BCUT2D eigenvalue weighted by Gasteiger charge is 2.24. The fraction of sp³-hybridized carbons (Fsp3) is 0.391. The quantitative estimate of drug-likeness (QED) is 0.810. The first-order valence-corrected chi connectivity index (χ1v) is 10.2. The third-order valence-corrected chi connectivity index (χ3v) is 5.38. The number of hydrogen-bond acceptors (Lipinski definition) is 5. The van der Waals surface area contributed by atoms with Crippen LogP contribution < -0.4 is 15.4 Å². The molecule has 1 amide bonds. The van der Waals surface area contributed by atoms with Crippen molar-refractivity contribution >= 4 is 5.91 Å². The molecule has 2 aliphatic heterocycles. The van der Waals surface area contributed by atoms with Crippen molar-refractivity contribution in [3.63, 3.8) is 0 Å². The molecule has 1 fully saturated rings.